The number of hydrogen-bond donors (Lipinski definition) is 0. The number of halogens is 1. The Balaban J connectivity index is 2.55. The molecule has 0 aliphatic rings. The second-order valence-electron chi connectivity index (χ2n) is 3.62. The van der Waals surface area contributed by atoms with E-state index < -0.39 is 0 Å². The van der Waals surface area contributed by atoms with E-state index in [2.05, 4.69) is 4.98 Å². The Morgan fingerprint density at radius 3 is 3.00 bits per heavy atom. The third kappa shape index (κ3) is 1.88. The Labute approximate surface area is 92.7 Å². The molecule has 0 spiro atoms. The average Bonchev–Trinajstić information content (AvgIpc) is 2.41. The minimum Gasteiger partial charge on any atom is -0.302 e. The Morgan fingerprint density at radius 2 is 2.33 bits per heavy atom. The molecular weight excluding hydrogens is 212 g/mol. The van der Waals surface area contributed by atoms with E-state index in [0.717, 1.165) is 16.9 Å². The molecule has 0 unspecified atom stereocenters. The zero-order valence-electron chi connectivity index (χ0n) is 8.62. The van der Waals surface area contributed by atoms with Crippen molar-refractivity contribution in [2.75, 3.05) is 0 Å². The van der Waals surface area contributed by atoms with E-state index in [1.54, 1.807) is 6.92 Å². The summed E-state index contributed by atoms with van der Waals surface area (Å²) < 4.78 is 1.91. The summed E-state index contributed by atoms with van der Waals surface area (Å²) >= 11 is 5.97. The van der Waals surface area contributed by atoms with Crippen LogP contribution in [0.3, 0.4) is 0 Å². The first-order chi connectivity index (χ1) is 7.08. The number of carbonyl (C=O) groups excluding carboxylic acids is 1. The second kappa shape index (κ2) is 3.66. The largest absolute Gasteiger partial charge is 0.302 e. The van der Waals surface area contributed by atoms with Crippen molar-refractivity contribution in [3.63, 3.8) is 0 Å². The van der Waals surface area contributed by atoms with E-state index in [9.17, 15) is 4.79 Å². The van der Waals surface area contributed by atoms with Gasteiger partial charge in [0.25, 0.3) is 0 Å². The van der Waals surface area contributed by atoms with Crippen LogP contribution in [-0.2, 0) is 11.2 Å². The van der Waals surface area contributed by atoms with Crippen LogP contribution < -0.4 is 0 Å². The lowest BCUT2D eigenvalue weighted by Crippen LogP contribution is -1.97. The highest BCUT2D eigenvalue weighted by Gasteiger charge is 2.07. The minimum atomic E-state index is 0.145. The molecule has 0 aromatic carbocycles. The van der Waals surface area contributed by atoms with E-state index in [-0.39, 0.29) is 5.78 Å². The summed E-state index contributed by atoms with van der Waals surface area (Å²) in [5.41, 5.74) is 1.82. The lowest BCUT2D eigenvalue weighted by molar-refractivity contribution is -0.116. The molecule has 0 bridgehead atoms. The van der Waals surface area contributed by atoms with Crippen molar-refractivity contribution in [3.8, 4) is 0 Å². The van der Waals surface area contributed by atoms with Gasteiger partial charge in [-0.3, -0.25) is 4.79 Å². The van der Waals surface area contributed by atoms with E-state index in [4.69, 9.17) is 11.6 Å². The summed E-state index contributed by atoms with van der Waals surface area (Å²) in [6.45, 7) is 3.47. The molecule has 2 heterocycles. The summed E-state index contributed by atoms with van der Waals surface area (Å²) in [5.74, 6) is 0.996. The van der Waals surface area contributed by atoms with E-state index in [1.165, 1.54) is 0 Å². The van der Waals surface area contributed by atoms with Gasteiger partial charge in [-0.05, 0) is 31.5 Å². The molecule has 15 heavy (non-hydrogen) atoms. The molecule has 0 saturated heterocycles. The number of imidazole rings is 1. The molecule has 0 saturated carbocycles. The Kier molecular flexibility index (Phi) is 2.49. The summed E-state index contributed by atoms with van der Waals surface area (Å²) in [5, 5.41) is 0.484. The van der Waals surface area contributed by atoms with Crippen LogP contribution in [0.4, 0.5) is 0 Å². The molecule has 0 atom stereocenters. The van der Waals surface area contributed by atoms with Crippen molar-refractivity contribution >= 4 is 22.9 Å². The van der Waals surface area contributed by atoms with Crippen LogP contribution >= 0.6 is 11.6 Å². The third-order valence-corrected chi connectivity index (χ3v) is 2.57. The maximum absolute atomic E-state index is 11.0. The molecular formula is C11H11ClN2O. The number of aromatic nitrogens is 2. The van der Waals surface area contributed by atoms with Gasteiger partial charge in [0.15, 0.2) is 5.15 Å². The Morgan fingerprint density at radius 1 is 1.60 bits per heavy atom. The van der Waals surface area contributed by atoms with Gasteiger partial charge >= 0.3 is 0 Å². The highest BCUT2D eigenvalue weighted by atomic mass is 35.5. The van der Waals surface area contributed by atoms with Crippen molar-refractivity contribution in [1.82, 2.24) is 9.38 Å². The lowest BCUT2D eigenvalue weighted by Gasteiger charge is -2.00. The molecule has 0 N–H and O–H groups in total. The van der Waals surface area contributed by atoms with Gasteiger partial charge in [0.05, 0.1) is 5.52 Å². The predicted octanol–water partition coefficient (Wildman–Crippen LogP) is 2.43. The Hall–Kier alpha value is -1.35. The molecule has 3 nitrogen and oxygen atoms in total. The van der Waals surface area contributed by atoms with Gasteiger partial charge in [-0.2, -0.15) is 0 Å². The number of rotatable bonds is 2. The van der Waals surface area contributed by atoms with Crippen LogP contribution in [0.2, 0.25) is 5.15 Å². The fourth-order valence-corrected chi connectivity index (χ4v) is 1.90. The molecule has 0 aliphatic heterocycles. The number of pyridine rings is 1. The molecule has 0 aliphatic carbocycles. The monoisotopic (exact) mass is 222 g/mol. The Bertz CT molecular complexity index is 531. The summed E-state index contributed by atoms with van der Waals surface area (Å²) in [6.07, 6.45) is 2.33. The highest BCUT2D eigenvalue weighted by Crippen LogP contribution is 2.19. The normalized spacial score (nSPS) is 10.9. The SMILES string of the molecule is CC(=O)Cc1ccn2c(C)nc(Cl)c2c1. The van der Waals surface area contributed by atoms with Crippen LogP contribution in [0.5, 0.6) is 0 Å². The van der Waals surface area contributed by atoms with Crippen LogP contribution in [0.1, 0.15) is 18.3 Å². The zero-order chi connectivity index (χ0) is 11.0. The van der Waals surface area contributed by atoms with E-state index in [0.29, 0.717) is 11.6 Å². The number of hydrogen-bond acceptors (Lipinski definition) is 2. The van der Waals surface area contributed by atoms with Gasteiger partial charge in [0.2, 0.25) is 0 Å². The predicted molar refractivity (Wildman–Crippen MR) is 59.3 cm³/mol. The molecule has 0 radical (unpaired) electrons. The van der Waals surface area contributed by atoms with Gasteiger partial charge in [-0.1, -0.05) is 11.6 Å². The molecule has 78 valence electrons. The maximum Gasteiger partial charge on any atom is 0.155 e. The van der Waals surface area contributed by atoms with Crippen molar-refractivity contribution < 1.29 is 4.79 Å². The fourth-order valence-electron chi connectivity index (χ4n) is 1.64. The first-order valence-corrected chi connectivity index (χ1v) is 5.08. The number of ketones is 1. The van der Waals surface area contributed by atoms with E-state index in [1.807, 2.05) is 29.7 Å². The van der Waals surface area contributed by atoms with Crippen LogP contribution in [0, 0.1) is 6.92 Å². The third-order valence-electron chi connectivity index (χ3n) is 2.29. The molecule has 0 amide bonds. The van der Waals surface area contributed by atoms with Gasteiger partial charge in [0, 0.05) is 12.6 Å². The van der Waals surface area contributed by atoms with Crippen LogP contribution in [0.25, 0.3) is 5.52 Å². The highest BCUT2D eigenvalue weighted by molar-refractivity contribution is 6.32. The molecule has 2 rings (SSSR count). The molecule has 2 aromatic rings. The summed E-state index contributed by atoms with van der Waals surface area (Å²) in [4.78, 5) is 15.1. The standard InChI is InChI=1S/C11H11ClN2O/c1-7(15)5-9-3-4-14-8(2)13-11(12)10(14)6-9/h3-4,6H,5H2,1-2H3. The van der Waals surface area contributed by atoms with Crippen molar-refractivity contribution in [2.24, 2.45) is 0 Å². The summed E-state index contributed by atoms with van der Waals surface area (Å²) in [7, 11) is 0. The number of carbonyl (C=O) groups is 1. The molecule has 4 heteroatoms. The fraction of sp³-hybridized carbons (Fsp3) is 0.273. The number of aryl methyl sites for hydroxylation is 1. The van der Waals surface area contributed by atoms with Gasteiger partial charge in [-0.15, -0.1) is 0 Å². The smallest absolute Gasteiger partial charge is 0.155 e. The van der Waals surface area contributed by atoms with E-state index >= 15 is 0 Å². The van der Waals surface area contributed by atoms with Gasteiger partial charge in [-0.25, -0.2) is 4.98 Å². The quantitative estimate of drug-likeness (QED) is 0.782. The topological polar surface area (TPSA) is 34.4 Å². The van der Waals surface area contributed by atoms with Gasteiger partial charge < -0.3 is 4.40 Å². The van der Waals surface area contributed by atoms with Crippen molar-refractivity contribution in [3.05, 3.63) is 34.9 Å². The minimum absolute atomic E-state index is 0.145. The lowest BCUT2D eigenvalue weighted by atomic mass is 10.1. The van der Waals surface area contributed by atoms with Crippen molar-refractivity contribution in [2.45, 2.75) is 20.3 Å². The number of nitrogens with zero attached hydrogens (tertiary/aromatic N) is 2. The number of Topliss-reactive ketones (excluding diaryl/α,β-unsaturated/α-hetero) is 1. The summed E-state index contributed by atoms with van der Waals surface area (Å²) in [6, 6.07) is 3.82. The van der Waals surface area contributed by atoms with Crippen LogP contribution in [0.15, 0.2) is 18.3 Å². The first-order valence-electron chi connectivity index (χ1n) is 4.70. The number of fused-ring (bicyclic) bond motifs is 1. The molecule has 2 aromatic heterocycles. The van der Waals surface area contributed by atoms with Gasteiger partial charge in [0.1, 0.15) is 11.6 Å². The average molecular weight is 223 g/mol. The van der Waals surface area contributed by atoms with Crippen LogP contribution in [-0.4, -0.2) is 15.2 Å². The zero-order valence-corrected chi connectivity index (χ0v) is 9.38. The maximum atomic E-state index is 11.0. The first kappa shape index (κ1) is 10.2. The molecule has 0 fully saturated rings. The van der Waals surface area contributed by atoms with Crippen molar-refractivity contribution in [1.29, 1.82) is 0 Å². The second-order valence-corrected chi connectivity index (χ2v) is 3.98.